The van der Waals surface area contributed by atoms with Gasteiger partial charge in [-0.3, -0.25) is 29.7 Å². The van der Waals surface area contributed by atoms with E-state index < -0.39 is 58.2 Å². The zero-order chi connectivity index (χ0) is 49.7. The van der Waals surface area contributed by atoms with Crippen LogP contribution < -0.4 is 24.8 Å². The fraction of sp³-hybridized carbons (Fsp3) is 0.385. The molecule has 0 saturated heterocycles. The summed E-state index contributed by atoms with van der Waals surface area (Å²) in [5, 5.41) is 20.8. The van der Waals surface area contributed by atoms with Gasteiger partial charge in [0.2, 0.25) is 0 Å². The molecule has 370 valence electrons. The standard InChI is InChI=1S/2C15H24O.2C6F5.2C5H5.2ClH.2Ti/c2*1-10-8-11(14(2,3)4)13(16)12(9-10)15(5,6)7;2*7-2-1-3(8)5(10)6(11)4(2)9;2*1-2-4-5-3-1;;;;/h2*8-9,16H,1-7H3;;;2*1-3H,4H2;2*1H;;/q;;4*-1;;;2*+3/p-2. The number of aromatic hydroxyl groups is 2. The van der Waals surface area contributed by atoms with Crippen LogP contribution in [0.25, 0.3) is 0 Å². The Kier molecular flexibility index (Phi) is 32.0. The molecule has 0 heterocycles. The van der Waals surface area contributed by atoms with Gasteiger partial charge < -0.3 is 35.0 Å². The molecule has 0 aromatic heterocycles. The molecule has 16 heteroatoms. The summed E-state index contributed by atoms with van der Waals surface area (Å²) in [5.41, 5.74) is 6.52. The van der Waals surface area contributed by atoms with Crippen molar-refractivity contribution in [3.05, 3.63) is 177 Å². The molecule has 2 nitrogen and oxygen atoms in total. The summed E-state index contributed by atoms with van der Waals surface area (Å²) >= 11 is 0. The third kappa shape index (κ3) is 22.7. The van der Waals surface area contributed by atoms with Crippen LogP contribution in [0.15, 0.2) is 60.7 Å². The minimum Gasteiger partial charge on any atom is -1.00 e. The van der Waals surface area contributed by atoms with Crippen LogP contribution in [-0.2, 0) is 65.1 Å². The Hall–Kier alpha value is -3.25. The maximum absolute atomic E-state index is 12.0. The van der Waals surface area contributed by atoms with Gasteiger partial charge >= 0.3 is 43.4 Å². The van der Waals surface area contributed by atoms with E-state index in [4.69, 9.17) is 0 Å². The fourth-order valence-corrected chi connectivity index (χ4v) is 5.52. The van der Waals surface area contributed by atoms with Crippen molar-refractivity contribution >= 4 is 0 Å². The van der Waals surface area contributed by atoms with Gasteiger partial charge in [0.1, 0.15) is 11.5 Å². The van der Waals surface area contributed by atoms with Crippen molar-refractivity contribution in [3.63, 3.8) is 0 Å². The second kappa shape index (κ2) is 30.5. The number of hydrogen-bond acceptors (Lipinski definition) is 2. The summed E-state index contributed by atoms with van der Waals surface area (Å²) in [5.74, 6) is -19.2. The summed E-state index contributed by atoms with van der Waals surface area (Å²) in [4.78, 5) is 0. The van der Waals surface area contributed by atoms with Gasteiger partial charge in [0.25, 0.3) is 0 Å². The summed E-state index contributed by atoms with van der Waals surface area (Å²) < 4.78 is 120. The molecular formula is C52H58Cl2F10O2Ti2. The van der Waals surface area contributed by atoms with Crippen LogP contribution in [0.4, 0.5) is 43.9 Å². The van der Waals surface area contributed by atoms with Gasteiger partial charge in [-0.15, -0.1) is 25.0 Å². The molecule has 2 aliphatic rings. The molecule has 2 aliphatic carbocycles. The van der Waals surface area contributed by atoms with Gasteiger partial charge in [-0.25, -0.2) is 50.6 Å². The first-order chi connectivity index (χ1) is 29.1. The molecule has 0 bridgehead atoms. The number of phenolic OH excluding ortho intramolecular Hbond substituents is 2. The summed E-state index contributed by atoms with van der Waals surface area (Å²) in [6, 6.07) is 10.4. The zero-order valence-electron chi connectivity index (χ0n) is 40.6. The molecular weight excluding hydrogens is 1010 g/mol. The minimum absolute atomic E-state index is 0. The van der Waals surface area contributed by atoms with Crippen LogP contribution >= 0.6 is 0 Å². The maximum Gasteiger partial charge on any atom is 3.00 e. The van der Waals surface area contributed by atoms with E-state index in [1.807, 2.05) is 24.3 Å². The van der Waals surface area contributed by atoms with E-state index in [2.05, 4.69) is 146 Å². The Labute approximate surface area is 439 Å². The van der Waals surface area contributed by atoms with Crippen LogP contribution in [0.3, 0.4) is 0 Å². The van der Waals surface area contributed by atoms with Crippen molar-refractivity contribution in [3.8, 4) is 11.5 Å². The Morgan fingerprint density at radius 2 is 0.603 bits per heavy atom. The molecule has 0 saturated carbocycles. The van der Waals surface area contributed by atoms with Gasteiger partial charge in [-0.05, 0) is 57.8 Å². The monoisotopic (exact) mass is 1070 g/mol. The molecule has 0 aliphatic heterocycles. The normalized spacial score (nSPS) is 12.0. The third-order valence-electron chi connectivity index (χ3n) is 8.89. The van der Waals surface area contributed by atoms with Crippen molar-refractivity contribution in [2.45, 2.75) is 131 Å². The molecule has 0 fully saturated rings. The van der Waals surface area contributed by atoms with E-state index in [1.165, 1.54) is 11.1 Å². The quantitative estimate of drug-likeness (QED) is 0.0607. The maximum atomic E-state index is 12.0. The van der Waals surface area contributed by atoms with Gasteiger partial charge in [0, 0.05) is 0 Å². The van der Waals surface area contributed by atoms with E-state index in [9.17, 15) is 54.1 Å². The van der Waals surface area contributed by atoms with Crippen molar-refractivity contribution in [1.29, 1.82) is 0 Å². The molecule has 0 amide bonds. The first-order valence-electron chi connectivity index (χ1n) is 20.1. The summed E-state index contributed by atoms with van der Waals surface area (Å²) in [6.45, 7) is 29.8. The molecule has 0 unspecified atom stereocenters. The largest absolute Gasteiger partial charge is 3.00 e. The van der Waals surface area contributed by atoms with Gasteiger partial charge in [-0.1, -0.05) is 118 Å². The van der Waals surface area contributed by atoms with E-state index in [0.717, 1.165) is 47.2 Å². The first-order valence-corrected chi connectivity index (χ1v) is 20.1. The van der Waals surface area contributed by atoms with E-state index in [0.29, 0.717) is 11.5 Å². The molecule has 0 atom stereocenters. The van der Waals surface area contributed by atoms with E-state index >= 15 is 0 Å². The number of phenols is 2. The molecule has 6 rings (SSSR count). The number of hydrogen-bond donors (Lipinski definition) is 2. The molecule has 2 radical (unpaired) electrons. The van der Waals surface area contributed by atoms with Gasteiger partial charge in [-0.2, -0.15) is 12.2 Å². The second-order valence-corrected chi connectivity index (χ2v) is 18.8. The molecule has 68 heavy (non-hydrogen) atoms. The Morgan fingerprint density at radius 3 is 0.735 bits per heavy atom. The SMILES string of the molecule is Cc1cc(C(C)(C)C)c(O)c(C(C)(C)C)c1.Cc1cc(C(C)(C)C)c(O)c(C(C)(C)C)c1.Fc1[c-]c(F)c(F)c(F)c1F.Fc1[c-]c(F)c(F)c(F)c1F.[C-]1=CC=CC1.[C-]1=CC=CC1.[Cl-].[Cl-].[Ti+3].[Ti+3]. The number of benzene rings is 4. The van der Waals surface area contributed by atoms with Crippen LogP contribution in [0.1, 0.15) is 129 Å². The number of allylic oxidation sites excluding steroid dienone is 8. The van der Waals surface area contributed by atoms with Crippen LogP contribution in [0.5, 0.6) is 11.5 Å². The Morgan fingerprint density at radius 1 is 0.397 bits per heavy atom. The van der Waals surface area contributed by atoms with Crippen LogP contribution in [0.2, 0.25) is 0 Å². The van der Waals surface area contributed by atoms with Crippen molar-refractivity contribution in [2.24, 2.45) is 0 Å². The molecule has 4 aromatic rings. The second-order valence-electron chi connectivity index (χ2n) is 18.8. The topological polar surface area (TPSA) is 40.5 Å². The summed E-state index contributed by atoms with van der Waals surface area (Å²) in [6.07, 6.45) is 20.0. The average molecular weight is 1070 g/mol. The van der Waals surface area contributed by atoms with E-state index in [1.54, 1.807) is 0 Å². The average Bonchev–Trinajstić information content (AvgIpc) is 3.96. The van der Waals surface area contributed by atoms with Crippen molar-refractivity contribution in [2.75, 3.05) is 0 Å². The van der Waals surface area contributed by atoms with Crippen LogP contribution in [0, 0.1) is 96.3 Å². The Bertz CT molecular complexity index is 2030. The van der Waals surface area contributed by atoms with Gasteiger partial charge in [0.15, 0.2) is 0 Å². The zero-order valence-corrected chi connectivity index (χ0v) is 45.3. The van der Waals surface area contributed by atoms with Crippen molar-refractivity contribution in [1.82, 2.24) is 0 Å². The molecule has 4 aromatic carbocycles. The summed E-state index contributed by atoms with van der Waals surface area (Å²) in [7, 11) is 0. The first kappa shape index (κ1) is 71.3. The third-order valence-corrected chi connectivity index (χ3v) is 8.89. The molecule has 0 spiro atoms. The minimum atomic E-state index is -2.17. The number of halogens is 12. The molecule has 2 N–H and O–H groups in total. The van der Waals surface area contributed by atoms with Gasteiger partial charge in [0.05, 0.1) is 58.2 Å². The smallest absolute Gasteiger partial charge is 1.00 e. The van der Waals surface area contributed by atoms with E-state index in [-0.39, 0.29) is 89.9 Å². The van der Waals surface area contributed by atoms with Crippen molar-refractivity contribution < 1.29 is 122 Å². The van der Waals surface area contributed by atoms with Crippen LogP contribution in [-0.4, -0.2) is 10.2 Å². The Balaban J connectivity index is -0.000000371. The predicted molar refractivity (Wildman–Crippen MR) is 234 cm³/mol. The number of aryl methyl sites for hydroxylation is 2. The number of rotatable bonds is 0. The fourth-order valence-electron chi connectivity index (χ4n) is 5.52. The predicted octanol–water partition coefficient (Wildman–Crippen LogP) is 9.57.